The van der Waals surface area contributed by atoms with Gasteiger partial charge in [0.2, 0.25) is 0 Å². The number of pyridine rings is 1. The van der Waals surface area contributed by atoms with Gasteiger partial charge >= 0.3 is 6.18 Å². The van der Waals surface area contributed by atoms with Crippen LogP contribution in [0.2, 0.25) is 0 Å². The van der Waals surface area contributed by atoms with Gasteiger partial charge in [-0.05, 0) is 38.6 Å². The second-order valence-electron chi connectivity index (χ2n) is 4.68. The van der Waals surface area contributed by atoms with Crippen molar-refractivity contribution in [3.63, 3.8) is 0 Å². The average Bonchev–Trinajstić information content (AvgIpc) is 2.28. The van der Waals surface area contributed by atoms with Crippen LogP contribution in [0.25, 0.3) is 0 Å². The Bertz CT molecular complexity index is 389. The van der Waals surface area contributed by atoms with Gasteiger partial charge in [0.15, 0.2) is 0 Å². The van der Waals surface area contributed by atoms with Gasteiger partial charge in [0, 0.05) is 12.6 Å². The van der Waals surface area contributed by atoms with E-state index in [0.717, 1.165) is 32.0 Å². The van der Waals surface area contributed by atoms with E-state index in [9.17, 15) is 13.2 Å². The fourth-order valence-electron chi connectivity index (χ4n) is 2.17. The van der Waals surface area contributed by atoms with E-state index in [2.05, 4.69) is 15.2 Å². The molecule has 0 aromatic carbocycles. The van der Waals surface area contributed by atoms with Crippen molar-refractivity contribution in [3.05, 3.63) is 24.0 Å². The predicted molar refractivity (Wildman–Crippen MR) is 63.4 cm³/mol. The van der Waals surface area contributed by atoms with Crippen molar-refractivity contribution >= 4 is 5.69 Å². The summed E-state index contributed by atoms with van der Waals surface area (Å²) in [6, 6.07) is 2.72. The first-order chi connectivity index (χ1) is 8.45. The summed E-state index contributed by atoms with van der Waals surface area (Å²) in [4.78, 5) is 5.64. The quantitative estimate of drug-likeness (QED) is 0.885. The second kappa shape index (κ2) is 5.14. The van der Waals surface area contributed by atoms with Crippen LogP contribution < -0.4 is 5.32 Å². The number of nitrogens with one attached hydrogen (secondary N) is 1. The van der Waals surface area contributed by atoms with Crippen molar-refractivity contribution in [1.29, 1.82) is 0 Å². The molecule has 18 heavy (non-hydrogen) atoms. The molecule has 0 saturated carbocycles. The van der Waals surface area contributed by atoms with Gasteiger partial charge < -0.3 is 10.2 Å². The predicted octanol–water partition coefficient (Wildman–Crippen LogP) is 2.61. The second-order valence-corrected chi connectivity index (χ2v) is 4.68. The molecule has 100 valence electrons. The van der Waals surface area contributed by atoms with Crippen molar-refractivity contribution in [2.24, 2.45) is 0 Å². The van der Waals surface area contributed by atoms with Crippen molar-refractivity contribution in [3.8, 4) is 0 Å². The number of likely N-dealkylation sites (tertiary alicyclic amines) is 1. The zero-order chi connectivity index (χ0) is 13.2. The van der Waals surface area contributed by atoms with Gasteiger partial charge in [-0.3, -0.25) is 0 Å². The highest BCUT2D eigenvalue weighted by Crippen LogP contribution is 2.28. The van der Waals surface area contributed by atoms with E-state index >= 15 is 0 Å². The molecule has 1 aromatic rings. The van der Waals surface area contributed by atoms with Gasteiger partial charge in [-0.1, -0.05) is 0 Å². The first-order valence-corrected chi connectivity index (χ1v) is 5.93. The summed E-state index contributed by atoms with van der Waals surface area (Å²) in [6.45, 7) is 1.98. The van der Waals surface area contributed by atoms with Crippen LogP contribution in [0.1, 0.15) is 18.5 Å². The molecule has 1 unspecified atom stereocenters. The number of hydrogen-bond donors (Lipinski definition) is 1. The number of likely N-dealkylation sites (N-methyl/N-ethyl adjacent to an activating group) is 1. The van der Waals surface area contributed by atoms with Crippen LogP contribution >= 0.6 is 0 Å². The molecular weight excluding hydrogens is 243 g/mol. The van der Waals surface area contributed by atoms with Crippen LogP contribution in [0.5, 0.6) is 0 Å². The highest BCUT2D eigenvalue weighted by atomic mass is 19.4. The normalized spacial score (nSPS) is 21.9. The van der Waals surface area contributed by atoms with Crippen molar-refractivity contribution in [1.82, 2.24) is 9.88 Å². The lowest BCUT2D eigenvalue weighted by atomic mass is 10.1. The molecule has 2 heterocycles. The first kappa shape index (κ1) is 13.1. The Morgan fingerprint density at radius 3 is 2.72 bits per heavy atom. The topological polar surface area (TPSA) is 28.2 Å². The van der Waals surface area contributed by atoms with E-state index in [1.54, 1.807) is 0 Å². The zero-order valence-electron chi connectivity index (χ0n) is 10.2. The number of piperidine rings is 1. The lowest BCUT2D eigenvalue weighted by molar-refractivity contribution is -0.141. The molecule has 1 aliphatic heterocycles. The molecule has 0 radical (unpaired) electrons. The molecule has 1 atom stereocenters. The number of alkyl halides is 3. The minimum atomic E-state index is -4.37. The number of anilines is 1. The van der Waals surface area contributed by atoms with Crippen LogP contribution in [-0.4, -0.2) is 36.1 Å². The number of rotatable bonds is 2. The summed E-state index contributed by atoms with van der Waals surface area (Å²) in [6.07, 6.45) is -0.991. The number of halogens is 3. The Morgan fingerprint density at radius 1 is 1.39 bits per heavy atom. The molecule has 1 aromatic heterocycles. The Labute approximate surface area is 104 Å². The standard InChI is InChI=1S/C12H16F3N3/c1-18-6-2-3-10(8-18)17-9-4-5-11(16-7-9)12(13,14)15/h4-5,7,10,17H,2-3,6,8H2,1H3. The van der Waals surface area contributed by atoms with Crippen molar-refractivity contribution < 1.29 is 13.2 Å². The Balaban J connectivity index is 1.98. The summed E-state index contributed by atoms with van der Waals surface area (Å²) in [5.41, 5.74) is -0.211. The molecule has 1 N–H and O–H groups in total. The van der Waals surface area contributed by atoms with Crippen molar-refractivity contribution in [2.45, 2.75) is 25.1 Å². The summed E-state index contributed by atoms with van der Waals surface area (Å²) in [5.74, 6) is 0. The molecule has 1 saturated heterocycles. The molecule has 6 heteroatoms. The minimum absolute atomic E-state index is 0.280. The highest BCUT2D eigenvalue weighted by Gasteiger charge is 2.32. The molecular formula is C12H16F3N3. The van der Waals surface area contributed by atoms with Crippen LogP contribution in [0.3, 0.4) is 0 Å². The van der Waals surface area contributed by atoms with E-state index in [1.807, 2.05) is 7.05 Å². The van der Waals surface area contributed by atoms with Gasteiger partial charge in [0.25, 0.3) is 0 Å². The van der Waals surface area contributed by atoms with Crippen molar-refractivity contribution in [2.75, 3.05) is 25.5 Å². The minimum Gasteiger partial charge on any atom is -0.380 e. The summed E-state index contributed by atoms with van der Waals surface area (Å²) in [5, 5.41) is 3.22. The molecule has 0 amide bonds. The highest BCUT2D eigenvalue weighted by molar-refractivity contribution is 5.42. The van der Waals surface area contributed by atoms with E-state index in [-0.39, 0.29) is 6.04 Å². The third-order valence-corrected chi connectivity index (χ3v) is 3.05. The monoisotopic (exact) mass is 259 g/mol. The van der Waals surface area contributed by atoms with Crippen LogP contribution in [0.4, 0.5) is 18.9 Å². The van der Waals surface area contributed by atoms with E-state index < -0.39 is 11.9 Å². The maximum atomic E-state index is 12.3. The maximum Gasteiger partial charge on any atom is 0.433 e. The van der Waals surface area contributed by atoms with Gasteiger partial charge in [0.1, 0.15) is 5.69 Å². The maximum absolute atomic E-state index is 12.3. The molecule has 3 nitrogen and oxygen atoms in total. The van der Waals surface area contributed by atoms with Gasteiger partial charge in [-0.25, -0.2) is 4.98 Å². The van der Waals surface area contributed by atoms with Gasteiger partial charge in [0.05, 0.1) is 11.9 Å². The summed E-state index contributed by atoms with van der Waals surface area (Å²) in [7, 11) is 2.04. The Morgan fingerprint density at radius 2 is 2.17 bits per heavy atom. The number of hydrogen-bond acceptors (Lipinski definition) is 3. The molecule has 1 aliphatic rings. The lowest BCUT2D eigenvalue weighted by Crippen LogP contribution is -2.39. The molecule has 0 bridgehead atoms. The van der Waals surface area contributed by atoms with E-state index in [1.165, 1.54) is 12.3 Å². The van der Waals surface area contributed by atoms with E-state index in [4.69, 9.17) is 0 Å². The van der Waals surface area contributed by atoms with Gasteiger partial charge in [-0.2, -0.15) is 13.2 Å². The number of aromatic nitrogens is 1. The molecule has 0 aliphatic carbocycles. The lowest BCUT2D eigenvalue weighted by Gasteiger charge is -2.30. The summed E-state index contributed by atoms with van der Waals surface area (Å²) >= 11 is 0. The third-order valence-electron chi connectivity index (χ3n) is 3.05. The molecule has 1 fully saturated rings. The van der Waals surface area contributed by atoms with Gasteiger partial charge in [-0.15, -0.1) is 0 Å². The number of nitrogens with zero attached hydrogens (tertiary/aromatic N) is 2. The summed E-state index contributed by atoms with van der Waals surface area (Å²) < 4.78 is 37.0. The fourth-order valence-corrected chi connectivity index (χ4v) is 2.17. The fraction of sp³-hybridized carbons (Fsp3) is 0.583. The Kier molecular flexibility index (Phi) is 3.75. The van der Waals surface area contributed by atoms with Crippen LogP contribution in [0, 0.1) is 0 Å². The van der Waals surface area contributed by atoms with Crippen LogP contribution in [-0.2, 0) is 6.18 Å². The third kappa shape index (κ3) is 3.35. The largest absolute Gasteiger partial charge is 0.433 e. The molecule has 2 rings (SSSR count). The Hall–Kier alpha value is -1.30. The van der Waals surface area contributed by atoms with Crippen LogP contribution in [0.15, 0.2) is 18.3 Å². The molecule has 0 spiro atoms. The zero-order valence-corrected chi connectivity index (χ0v) is 10.2. The van der Waals surface area contributed by atoms with E-state index in [0.29, 0.717) is 5.69 Å². The SMILES string of the molecule is CN1CCCC(Nc2ccc(C(F)(F)F)nc2)C1. The average molecular weight is 259 g/mol. The first-order valence-electron chi connectivity index (χ1n) is 5.93. The smallest absolute Gasteiger partial charge is 0.380 e.